The Morgan fingerprint density at radius 1 is 0.872 bits per heavy atom. The van der Waals surface area contributed by atoms with Gasteiger partial charge in [-0.25, -0.2) is 22.9 Å². The van der Waals surface area contributed by atoms with E-state index in [4.69, 9.17) is 0 Å². The van der Waals surface area contributed by atoms with Crippen LogP contribution in [0.1, 0.15) is 16.8 Å². The highest BCUT2D eigenvalue weighted by atomic mass is 32.2. The number of hydrogen-bond donors (Lipinski definition) is 2. The third kappa shape index (κ3) is 4.50. The molecule has 0 radical (unpaired) electrons. The highest BCUT2D eigenvalue weighted by molar-refractivity contribution is 7.90. The molecule has 2 aromatic carbocycles. The summed E-state index contributed by atoms with van der Waals surface area (Å²) in [5, 5.41) is 9.72. The number of alkyl halides is 3. The maximum atomic E-state index is 13.8. The van der Waals surface area contributed by atoms with Gasteiger partial charge in [0.2, 0.25) is 0 Å². The number of rotatable bonds is 4. The van der Waals surface area contributed by atoms with E-state index >= 15 is 0 Å². The number of anilines is 2. The van der Waals surface area contributed by atoms with Crippen LogP contribution in [0.15, 0.2) is 79.0 Å². The summed E-state index contributed by atoms with van der Waals surface area (Å²) < 4.78 is 68.4. The molecule has 0 fully saturated rings. The van der Waals surface area contributed by atoms with Crippen molar-refractivity contribution in [3.8, 4) is 16.9 Å². The monoisotopic (exact) mass is 552 g/mol. The Morgan fingerprint density at radius 2 is 1.54 bits per heavy atom. The standard InChI is InChI=1S/C26H19F3N6O3S/c27-26(28,29)19-12-7-13-34-23(19)30-21(16-8-3-1-4-9-16)24(34)32-25(36)31-22-18-14-39(37,38)15-20(18)33-35(22)17-10-5-2-6-11-17/h1-13H,14-15H2,(H2,31,32,36). The molecule has 0 atom stereocenters. The van der Waals surface area contributed by atoms with Crippen LogP contribution in [0, 0.1) is 0 Å². The molecule has 0 unspecified atom stereocenters. The molecule has 5 aromatic rings. The number of para-hydroxylation sites is 1. The quantitative estimate of drug-likeness (QED) is 0.315. The second-order valence-electron chi connectivity index (χ2n) is 8.92. The fourth-order valence-corrected chi connectivity index (χ4v) is 6.07. The molecule has 1 aliphatic heterocycles. The lowest BCUT2D eigenvalue weighted by atomic mass is 10.1. The molecule has 0 aliphatic carbocycles. The summed E-state index contributed by atoms with van der Waals surface area (Å²) in [5.41, 5.74) is 0.562. The van der Waals surface area contributed by atoms with Gasteiger partial charge >= 0.3 is 12.2 Å². The number of carbonyl (C=O) groups excluding carboxylic acids is 1. The maximum Gasteiger partial charge on any atom is 0.419 e. The van der Waals surface area contributed by atoms with E-state index in [-0.39, 0.29) is 34.5 Å². The van der Waals surface area contributed by atoms with Crippen molar-refractivity contribution >= 4 is 33.2 Å². The van der Waals surface area contributed by atoms with E-state index in [2.05, 4.69) is 20.7 Å². The predicted molar refractivity (Wildman–Crippen MR) is 138 cm³/mol. The van der Waals surface area contributed by atoms with E-state index in [9.17, 15) is 26.4 Å². The number of benzene rings is 2. The fraction of sp³-hybridized carbons (Fsp3) is 0.115. The normalized spacial score (nSPS) is 14.3. The molecule has 0 spiro atoms. The topological polar surface area (TPSA) is 110 Å². The first-order valence-electron chi connectivity index (χ1n) is 11.7. The van der Waals surface area contributed by atoms with Gasteiger partial charge in [-0.05, 0) is 24.3 Å². The summed E-state index contributed by atoms with van der Waals surface area (Å²) in [5.74, 6) is -0.398. The minimum Gasteiger partial charge on any atom is -0.292 e. The molecule has 4 heterocycles. The minimum atomic E-state index is -4.67. The van der Waals surface area contributed by atoms with Gasteiger partial charge < -0.3 is 0 Å². The number of pyridine rings is 1. The number of hydrogen-bond acceptors (Lipinski definition) is 5. The lowest BCUT2D eigenvalue weighted by molar-refractivity contribution is -0.136. The zero-order valence-corrected chi connectivity index (χ0v) is 20.8. The molecule has 198 valence electrons. The summed E-state index contributed by atoms with van der Waals surface area (Å²) in [4.78, 5) is 17.6. The zero-order chi connectivity index (χ0) is 27.4. The molecular formula is C26H19F3N6O3S. The molecule has 2 N–H and O–H groups in total. The van der Waals surface area contributed by atoms with E-state index in [1.54, 1.807) is 60.7 Å². The van der Waals surface area contributed by atoms with Crippen molar-refractivity contribution in [3.63, 3.8) is 0 Å². The molecular weight excluding hydrogens is 533 g/mol. The van der Waals surface area contributed by atoms with Crippen molar-refractivity contribution in [1.29, 1.82) is 0 Å². The number of aromatic nitrogens is 4. The molecule has 6 rings (SSSR count). The van der Waals surface area contributed by atoms with Crippen LogP contribution in [-0.4, -0.2) is 33.6 Å². The number of fused-ring (bicyclic) bond motifs is 2. The van der Waals surface area contributed by atoms with Gasteiger partial charge in [-0.3, -0.25) is 15.0 Å². The van der Waals surface area contributed by atoms with Crippen LogP contribution in [-0.2, 0) is 27.5 Å². The molecule has 0 saturated carbocycles. The summed E-state index contributed by atoms with van der Waals surface area (Å²) >= 11 is 0. The summed E-state index contributed by atoms with van der Waals surface area (Å²) in [6.45, 7) is 0. The van der Waals surface area contributed by atoms with Crippen LogP contribution >= 0.6 is 0 Å². The summed E-state index contributed by atoms with van der Waals surface area (Å²) in [6, 6.07) is 18.7. The third-order valence-electron chi connectivity index (χ3n) is 6.25. The van der Waals surface area contributed by atoms with Crippen molar-refractivity contribution < 1.29 is 26.4 Å². The van der Waals surface area contributed by atoms with E-state index in [0.29, 0.717) is 22.5 Å². The van der Waals surface area contributed by atoms with Crippen LogP contribution in [0.2, 0.25) is 0 Å². The SMILES string of the molecule is O=C(Nc1c2c(nn1-c1ccccc1)CS(=O)(=O)C2)Nc1c(-c2ccccc2)nc2c(C(F)(F)F)cccn12. The number of nitrogens with one attached hydrogen (secondary N) is 2. The Kier molecular flexibility index (Phi) is 5.68. The first-order chi connectivity index (χ1) is 18.6. The predicted octanol–water partition coefficient (Wildman–Crippen LogP) is 5.28. The van der Waals surface area contributed by atoms with Crippen molar-refractivity contribution in [2.45, 2.75) is 17.7 Å². The van der Waals surface area contributed by atoms with Crippen molar-refractivity contribution in [1.82, 2.24) is 19.2 Å². The fourth-order valence-electron chi connectivity index (χ4n) is 4.58. The number of halogens is 3. The average molecular weight is 553 g/mol. The molecule has 3 aromatic heterocycles. The van der Waals surface area contributed by atoms with Gasteiger partial charge in [0.15, 0.2) is 15.5 Å². The number of amides is 2. The summed E-state index contributed by atoms with van der Waals surface area (Å²) in [6.07, 6.45) is -3.30. The van der Waals surface area contributed by atoms with Gasteiger partial charge in [-0.1, -0.05) is 48.5 Å². The van der Waals surface area contributed by atoms with Crippen LogP contribution in [0.5, 0.6) is 0 Å². The zero-order valence-electron chi connectivity index (χ0n) is 20.0. The number of sulfone groups is 1. The Balaban J connectivity index is 1.43. The van der Waals surface area contributed by atoms with Gasteiger partial charge in [0.05, 0.1) is 28.5 Å². The Labute approximate surface area is 219 Å². The van der Waals surface area contributed by atoms with Gasteiger partial charge in [0, 0.05) is 17.3 Å². The first kappa shape index (κ1) is 24.7. The van der Waals surface area contributed by atoms with Crippen LogP contribution in [0.25, 0.3) is 22.6 Å². The van der Waals surface area contributed by atoms with Crippen molar-refractivity contribution in [3.05, 3.63) is 95.8 Å². The van der Waals surface area contributed by atoms with Gasteiger partial charge in [0.1, 0.15) is 17.3 Å². The molecule has 2 amide bonds. The van der Waals surface area contributed by atoms with E-state index < -0.39 is 27.6 Å². The molecule has 0 bridgehead atoms. The van der Waals surface area contributed by atoms with Gasteiger partial charge in [0.25, 0.3) is 0 Å². The second-order valence-corrected chi connectivity index (χ2v) is 11.0. The van der Waals surface area contributed by atoms with Crippen LogP contribution in [0.4, 0.5) is 29.6 Å². The number of imidazole rings is 1. The molecule has 9 nitrogen and oxygen atoms in total. The molecule has 0 saturated heterocycles. The Morgan fingerprint density at radius 3 is 2.23 bits per heavy atom. The van der Waals surface area contributed by atoms with Crippen LogP contribution < -0.4 is 10.6 Å². The van der Waals surface area contributed by atoms with Crippen LogP contribution in [0.3, 0.4) is 0 Å². The second kappa shape index (κ2) is 8.98. The van der Waals surface area contributed by atoms with Gasteiger partial charge in [-0.15, -0.1) is 0 Å². The van der Waals surface area contributed by atoms with E-state index in [1.807, 2.05) is 0 Å². The molecule has 39 heavy (non-hydrogen) atoms. The lowest BCUT2D eigenvalue weighted by Gasteiger charge is -2.13. The average Bonchev–Trinajstić information content (AvgIpc) is 3.52. The highest BCUT2D eigenvalue weighted by Crippen LogP contribution is 2.37. The molecule has 1 aliphatic rings. The largest absolute Gasteiger partial charge is 0.419 e. The van der Waals surface area contributed by atoms with Gasteiger partial charge in [-0.2, -0.15) is 18.3 Å². The number of carbonyl (C=O) groups is 1. The summed E-state index contributed by atoms with van der Waals surface area (Å²) in [7, 11) is -3.43. The number of nitrogens with zero attached hydrogens (tertiary/aromatic N) is 4. The Hall–Kier alpha value is -4.65. The van der Waals surface area contributed by atoms with E-state index in [0.717, 1.165) is 10.5 Å². The maximum absolute atomic E-state index is 13.8. The smallest absolute Gasteiger partial charge is 0.292 e. The minimum absolute atomic E-state index is 0.00911. The lowest BCUT2D eigenvalue weighted by Crippen LogP contribution is -2.23. The highest BCUT2D eigenvalue weighted by Gasteiger charge is 2.36. The number of urea groups is 1. The molecule has 13 heteroatoms. The van der Waals surface area contributed by atoms with Crippen molar-refractivity contribution in [2.24, 2.45) is 0 Å². The van der Waals surface area contributed by atoms with E-state index in [1.165, 1.54) is 16.9 Å². The van der Waals surface area contributed by atoms with Crippen molar-refractivity contribution in [2.75, 3.05) is 10.6 Å². The first-order valence-corrected chi connectivity index (χ1v) is 13.5. The Bertz CT molecular complexity index is 1830. The third-order valence-corrected chi connectivity index (χ3v) is 7.70.